The van der Waals surface area contributed by atoms with Crippen molar-refractivity contribution in [1.29, 1.82) is 0 Å². The SMILES string of the molecule is CCC(=O)OCCN1C=I1. The number of rotatable bonds is 4. The van der Waals surface area contributed by atoms with E-state index in [1.807, 2.05) is 0 Å². The van der Waals surface area contributed by atoms with E-state index in [2.05, 4.69) is 7.25 Å². The molecule has 1 aliphatic heterocycles. The third-order valence-corrected chi connectivity index (χ3v) is 2.92. The van der Waals surface area contributed by atoms with Crippen LogP contribution in [-0.4, -0.2) is 26.4 Å². The van der Waals surface area contributed by atoms with Crippen LogP contribution in [0.3, 0.4) is 0 Å². The van der Waals surface area contributed by atoms with Crippen LogP contribution in [0, 0.1) is 0 Å². The van der Waals surface area contributed by atoms with Crippen LogP contribution in [0.15, 0.2) is 0 Å². The van der Waals surface area contributed by atoms with Crippen LogP contribution in [0.1, 0.15) is 13.3 Å². The van der Waals surface area contributed by atoms with Crippen LogP contribution < -0.4 is 0 Å². The summed E-state index contributed by atoms with van der Waals surface area (Å²) in [4.78, 5) is 10.6. The Morgan fingerprint density at radius 2 is 2.50 bits per heavy atom. The standard InChI is InChI=1S/C6H10INO2/c1-2-6(9)10-4-3-8-5-7-8/h5H,2-4H2,1H3. The highest BCUT2D eigenvalue weighted by atomic mass is 127. The molecule has 0 N–H and O–H groups in total. The number of esters is 1. The molecule has 10 heavy (non-hydrogen) atoms. The number of ether oxygens (including phenoxy) is 1. The zero-order chi connectivity index (χ0) is 7.40. The fourth-order valence-electron chi connectivity index (χ4n) is 0.477. The van der Waals surface area contributed by atoms with Crippen molar-refractivity contribution in [3.63, 3.8) is 0 Å². The summed E-state index contributed by atoms with van der Waals surface area (Å²) in [7, 11) is 0. The highest BCUT2D eigenvalue weighted by molar-refractivity contribution is 14.2. The van der Waals surface area contributed by atoms with Crippen molar-refractivity contribution in [2.75, 3.05) is 13.2 Å². The summed E-state index contributed by atoms with van der Waals surface area (Å²) in [6, 6.07) is 0. The van der Waals surface area contributed by atoms with E-state index in [0.717, 1.165) is 6.54 Å². The Labute approximate surface area is 70.4 Å². The zero-order valence-electron chi connectivity index (χ0n) is 5.84. The summed E-state index contributed by atoms with van der Waals surface area (Å²) in [5.41, 5.74) is 0. The van der Waals surface area contributed by atoms with Gasteiger partial charge in [-0.1, -0.05) is 6.92 Å². The maximum absolute atomic E-state index is 10.6. The summed E-state index contributed by atoms with van der Waals surface area (Å²) in [5, 5.41) is 0. The highest BCUT2D eigenvalue weighted by Crippen LogP contribution is 2.18. The van der Waals surface area contributed by atoms with E-state index in [1.54, 1.807) is 6.92 Å². The van der Waals surface area contributed by atoms with Gasteiger partial charge in [-0.3, -0.25) is 4.79 Å². The molecule has 0 radical (unpaired) electrons. The molecule has 1 rings (SSSR count). The molecule has 0 aromatic rings. The highest BCUT2D eigenvalue weighted by Gasteiger charge is 2.07. The van der Waals surface area contributed by atoms with Crippen molar-refractivity contribution in [2.45, 2.75) is 13.3 Å². The van der Waals surface area contributed by atoms with Gasteiger partial charge in [0.05, 0.1) is 0 Å². The largest absolute Gasteiger partial charge is 0.464 e. The van der Waals surface area contributed by atoms with Gasteiger partial charge in [0.25, 0.3) is 0 Å². The minimum Gasteiger partial charge on any atom is -0.464 e. The quantitative estimate of drug-likeness (QED) is 0.424. The third-order valence-electron chi connectivity index (χ3n) is 1.09. The van der Waals surface area contributed by atoms with E-state index in [9.17, 15) is 4.79 Å². The van der Waals surface area contributed by atoms with E-state index in [0.29, 0.717) is 13.0 Å². The number of nitrogens with zero attached hydrogens (tertiary/aromatic N) is 1. The summed E-state index contributed by atoms with van der Waals surface area (Å²) < 4.78 is 9.25. The monoisotopic (exact) mass is 255 g/mol. The average Bonchev–Trinajstić information content (AvgIpc) is 2.71. The van der Waals surface area contributed by atoms with E-state index in [-0.39, 0.29) is 27.0 Å². The maximum atomic E-state index is 10.6. The number of halogens is 1. The average molecular weight is 255 g/mol. The van der Waals surface area contributed by atoms with Gasteiger partial charge in [0, 0.05) is 17.1 Å². The molecule has 0 spiro atoms. The van der Waals surface area contributed by atoms with E-state index < -0.39 is 0 Å². The molecule has 1 aliphatic rings. The van der Waals surface area contributed by atoms with Crippen molar-refractivity contribution in [2.24, 2.45) is 0 Å². The molecule has 4 heteroatoms. The molecule has 0 saturated carbocycles. The summed E-state index contributed by atoms with van der Waals surface area (Å²) in [6.45, 7) is 3.26. The van der Waals surface area contributed by atoms with Crippen molar-refractivity contribution < 1.29 is 9.53 Å². The third kappa shape index (κ3) is 3.26. The Morgan fingerprint density at radius 3 is 3.00 bits per heavy atom. The summed E-state index contributed by atoms with van der Waals surface area (Å²) in [6.07, 6.45) is 0.485. The topological polar surface area (TPSA) is 29.3 Å². The van der Waals surface area contributed by atoms with Crippen LogP contribution in [0.25, 0.3) is 0 Å². The first kappa shape index (κ1) is 8.13. The van der Waals surface area contributed by atoms with Gasteiger partial charge in [0.15, 0.2) is 0 Å². The van der Waals surface area contributed by atoms with Gasteiger partial charge in [-0.15, -0.1) is 0 Å². The molecular formula is C6H10INO2. The fraction of sp³-hybridized carbons (Fsp3) is 0.667. The number of carbonyl (C=O) groups excluding carboxylic acids is 1. The normalized spacial score (nSPS) is 21.5. The van der Waals surface area contributed by atoms with Gasteiger partial charge in [0.2, 0.25) is 0 Å². The molecule has 3 nitrogen and oxygen atoms in total. The van der Waals surface area contributed by atoms with Crippen LogP contribution in [-0.2, 0) is 9.53 Å². The number of hydrogen-bond donors (Lipinski definition) is 0. The number of hydrogen-bond acceptors (Lipinski definition) is 3. The van der Waals surface area contributed by atoms with Gasteiger partial charge >= 0.3 is 5.97 Å². The van der Waals surface area contributed by atoms with Gasteiger partial charge in [-0.2, -0.15) is 0 Å². The predicted molar refractivity (Wildman–Crippen MR) is 48.0 cm³/mol. The smallest absolute Gasteiger partial charge is 0.305 e. The molecule has 0 saturated heterocycles. The molecule has 1 atom stereocenters. The zero-order valence-corrected chi connectivity index (χ0v) is 8.00. The van der Waals surface area contributed by atoms with Gasteiger partial charge in [-0.25, -0.2) is 3.11 Å². The Morgan fingerprint density at radius 1 is 1.80 bits per heavy atom. The lowest BCUT2D eigenvalue weighted by Gasteiger charge is -2.01. The fourth-order valence-corrected chi connectivity index (χ4v) is 1.41. The van der Waals surface area contributed by atoms with Crippen LogP contribution >= 0.6 is 21.0 Å². The molecule has 1 unspecified atom stereocenters. The van der Waals surface area contributed by atoms with Gasteiger partial charge in [-0.05, 0) is 21.0 Å². The first-order chi connectivity index (χ1) is 4.83. The van der Waals surface area contributed by atoms with Crippen LogP contribution in [0.2, 0.25) is 0 Å². The molecule has 0 aromatic heterocycles. The molecule has 0 amide bonds. The second-order valence-electron chi connectivity index (χ2n) is 1.89. The van der Waals surface area contributed by atoms with Crippen molar-refractivity contribution in [3.8, 4) is 0 Å². The lowest BCUT2D eigenvalue weighted by Crippen LogP contribution is -2.11. The van der Waals surface area contributed by atoms with E-state index >= 15 is 0 Å². The van der Waals surface area contributed by atoms with Crippen molar-refractivity contribution in [1.82, 2.24) is 3.11 Å². The molecule has 0 fully saturated rings. The lowest BCUT2D eigenvalue weighted by molar-refractivity contribution is -0.143. The summed E-state index contributed by atoms with van der Waals surface area (Å²) >= 11 is 0.254. The maximum Gasteiger partial charge on any atom is 0.305 e. The predicted octanol–water partition coefficient (Wildman–Crippen LogP) is 0.901. The van der Waals surface area contributed by atoms with Crippen LogP contribution in [0.4, 0.5) is 0 Å². The van der Waals surface area contributed by atoms with Crippen molar-refractivity contribution in [3.05, 3.63) is 0 Å². The second kappa shape index (κ2) is 4.02. The lowest BCUT2D eigenvalue weighted by atomic mass is 10.5. The van der Waals surface area contributed by atoms with Crippen LogP contribution in [0.5, 0.6) is 0 Å². The van der Waals surface area contributed by atoms with Gasteiger partial charge in [0.1, 0.15) is 6.61 Å². The van der Waals surface area contributed by atoms with Gasteiger partial charge < -0.3 is 4.74 Å². The molecular weight excluding hydrogens is 245 g/mol. The Hall–Kier alpha value is 0.0300. The van der Waals surface area contributed by atoms with E-state index in [4.69, 9.17) is 4.74 Å². The Bertz CT molecular complexity index is 152. The molecule has 0 aromatic carbocycles. The Kier molecular flexibility index (Phi) is 3.27. The first-order valence-electron chi connectivity index (χ1n) is 3.22. The van der Waals surface area contributed by atoms with Crippen molar-refractivity contribution >= 4 is 31.1 Å². The molecule has 0 bridgehead atoms. The molecule has 1 heterocycles. The molecule has 58 valence electrons. The minimum atomic E-state index is -0.0972. The molecule has 0 aliphatic carbocycles. The number of carbonyl (C=O) groups is 1. The summed E-state index contributed by atoms with van der Waals surface area (Å²) in [5.74, 6) is -0.0972. The Balaban J connectivity index is 1.89. The minimum absolute atomic E-state index is 0.0972. The second-order valence-corrected chi connectivity index (χ2v) is 4.25. The van der Waals surface area contributed by atoms with E-state index in [1.165, 1.54) is 0 Å². The first-order valence-corrected chi connectivity index (χ1v) is 5.43.